The van der Waals surface area contributed by atoms with Gasteiger partial charge in [0.1, 0.15) is 5.65 Å². The molecule has 0 aliphatic carbocycles. The maximum absolute atomic E-state index is 13.1. The highest BCUT2D eigenvalue weighted by Crippen LogP contribution is 2.33. The molecule has 0 saturated carbocycles. The van der Waals surface area contributed by atoms with E-state index in [1.807, 2.05) is 45.9 Å². The molecule has 9 nitrogen and oxygen atoms in total. The van der Waals surface area contributed by atoms with Crippen molar-refractivity contribution in [1.82, 2.24) is 19.4 Å². The molecule has 2 heterocycles. The summed E-state index contributed by atoms with van der Waals surface area (Å²) in [4.78, 5) is 42.0. The van der Waals surface area contributed by atoms with Gasteiger partial charge in [-0.15, -0.1) is 0 Å². The highest BCUT2D eigenvalue weighted by molar-refractivity contribution is 5.97. The lowest BCUT2D eigenvalue weighted by atomic mass is 9.95. The fraction of sp³-hybridized carbons (Fsp3) is 0.417. The zero-order valence-electron chi connectivity index (χ0n) is 19.8. The molecule has 33 heavy (non-hydrogen) atoms. The number of benzene rings is 1. The normalized spacial score (nSPS) is 12.1. The molecule has 1 N–H and O–H groups in total. The molecule has 176 valence electrons. The summed E-state index contributed by atoms with van der Waals surface area (Å²) in [5.41, 5.74) is 0.367. The van der Waals surface area contributed by atoms with E-state index in [0.717, 1.165) is 10.1 Å². The third kappa shape index (κ3) is 4.76. The van der Waals surface area contributed by atoms with Crippen LogP contribution in [0.15, 0.2) is 40.1 Å². The molecule has 0 spiro atoms. The van der Waals surface area contributed by atoms with Gasteiger partial charge < -0.3 is 14.8 Å². The summed E-state index contributed by atoms with van der Waals surface area (Å²) >= 11 is 0. The van der Waals surface area contributed by atoms with Gasteiger partial charge in [-0.3, -0.25) is 18.7 Å². The smallest absolute Gasteiger partial charge is 0.332 e. The number of pyridine rings is 1. The van der Waals surface area contributed by atoms with Gasteiger partial charge in [0.15, 0.2) is 11.5 Å². The van der Waals surface area contributed by atoms with Crippen LogP contribution in [0, 0.1) is 5.92 Å². The first kappa shape index (κ1) is 24.0. The Hall–Kier alpha value is -3.62. The summed E-state index contributed by atoms with van der Waals surface area (Å²) in [5, 5.41) is 3.24. The molecule has 0 aliphatic rings. The Morgan fingerprint density at radius 3 is 2.33 bits per heavy atom. The molecule has 1 unspecified atom stereocenters. The van der Waals surface area contributed by atoms with Gasteiger partial charge in [0, 0.05) is 20.3 Å². The minimum absolute atomic E-state index is 0.0727. The summed E-state index contributed by atoms with van der Waals surface area (Å²) in [6.07, 6.45) is 1.37. The van der Waals surface area contributed by atoms with E-state index < -0.39 is 11.2 Å². The zero-order chi connectivity index (χ0) is 24.3. The van der Waals surface area contributed by atoms with Gasteiger partial charge in [0.2, 0.25) is 0 Å². The first-order chi connectivity index (χ1) is 15.7. The average Bonchev–Trinajstić information content (AvgIpc) is 2.80. The van der Waals surface area contributed by atoms with Crippen LogP contribution in [0.25, 0.3) is 11.0 Å². The summed E-state index contributed by atoms with van der Waals surface area (Å²) in [6.45, 7) is 8.82. The molecule has 3 rings (SSSR count). The Labute approximate surface area is 192 Å². The van der Waals surface area contributed by atoms with Gasteiger partial charge in [0.25, 0.3) is 11.5 Å². The van der Waals surface area contributed by atoms with Crippen LogP contribution in [-0.4, -0.2) is 33.2 Å². The fourth-order valence-electron chi connectivity index (χ4n) is 3.71. The number of aromatic nitrogens is 3. The number of fused-ring (bicyclic) bond motifs is 1. The topological polar surface area (TPSA) is 104 Å². The molecule has 1 aromatic carbocycles. The highest BCUT2D eigenvalue weighted by Gasteiger charge is 2.22. The number of rotatable bonds is 8. The lowest BCUT2D eigenvalue weighted by Gasteiger charge is -2.24. The molecule has 1 amide bonds. The van der Waals surface area contributed by atoms with Crippen LogP contribution in [0.5, 0.6) is 11.5 Å². The van der Waals surface area contributed by atoms with Gasteiger partial charge in [-0.05, 0) is 43.5 Å². The van der Waals surface area contributed by atoms with E-state index in [9.17, 15) is 14.4 Å². The molecule has 2 aromatic heterocycles. The monoisotopic (exact) mass is 454 g/mol. The number of carbonyl (C=O) groups is 1. The van der Waals surface area contributed by atoms with E-state index in [4.69, 9.17) is 9.47 Å². The van der Waals surface area contributed by atoms with Crippen molar-refractivity contribution in [3.8, 4) is 11.5 Å². The van der Waals surface area contributed by atoms with Gasteiger partial charge in [-0.1, -0.05) is 19.9 Å². The second kappa shape index (κ2) is 9.89. The van der Waals surface area contributed by atoms with Gasteiger partial charge >= 0.3 is 5.69 Å². The highest BCUT2D eigenvalue weighted by atomic mass is 16.5. The van der Waals surface area contributed by atoms with E-state index >= 15 is 0 Å². The first-order valence-corrected chi connectivity index (χ1v) is 11.0. The number of carbonyl (C=O) groups excluding carboxylic acids is 1. The third-order valence-electron chi connectivity index (χ3n) is 5.44. The Kier molecular flexibility index (Phi) is 7.20. The summed E-state index contributed by atoms with van der Waals surface area (Å²) < 4.78 is 13.6. The van der Waals surface area contributed by atoms with Crippen molar-refractivity contribution >= 4 is 16.9 Å². The second-order valence-corrected chi connectivity index (χ2v) is 8.07. The number of hydrogen-bond donors (Lipinski definition) is 1. The fourth-order valence-corrected chi connectivity index (χ4v) is 3.71. The van der Waals surface area contributed by atoms with Crippen LogP contribution < -0.4 is 26.0 Å². The van der Waals surface area contributed by atoms with E-state index in [1.54, 1.807) is 0 Å². The Bertz CT molecular complexity index is 1290. The molecule has 9 heteroatoms. The quantitative estimate of drug-likeness (QED) is 0.561. The van der Waals surface area contributed by atoms with Crippen molar-refractivity contribution in [1.29, 1.82) is 0 Å². The summed E-state index contributed by atoms with van der Waals surface area (Å²) in [5.74, 6) is 0.972. The van der Waals surface area contributed by atoms with Crippen LogP contribution in [0.1, 0.15) is 49.7 Å². The van der Waals surface area contributed by atoms with Crippen LogP contribution >= 0.6 is 0 Å². The SMILES string of the molecule is CCOc1ccc(C(NC(=O)c2cnc3c(c2)c(=O)n(C)c(=O)n3C)C(C)C)cc1OCC. The lowest BCUT2D eigenvalue weighted by molar-refractivity contribution is 0.0925. The number of nitrogens with zero attached hydrogens (tertiary/aromatic N) is 3. The predicted octanol–water partition coefficient (Wildman–Crippen LogP) is 2.56. The van der Waals surface area contributed by atoms with E-state index in [2.05, 4.69) is 10.3 Å². The number of hydrogen-bond acceptors (Lipinski definition) is 6. The van der Waals surface area contributed by atoms with Crippen molar-refractivity contribution in [2.24, 2.45) is 20.0 Å². The molecule has 0 fully saturated rings. The minimum atomic E-state index is -0.497. The standard InChI is InChI=1S/C24H30N4O5/c1-7-32-18-10-9-15(12-19(18)33-8-2)20(14(3)4)26-22(29)16-11-17-21(25-13-16)27(5)24(31)28(6)23(17)30/h9-14,20H,7-8H2,1-6H3,(H,26,29). The molecule has 0 radical (unpaired) electrons. The van der Waals surface area contributed by atoms with Crippen LogP contribution in [-0.2, 0) is 14.1 Å². The van der Waals surface area contributed by atoms with Crippen molar-refractivity contribution < 1.29 is 14.3 Å². The van der Waals surface area contributed by atoms with Crippen molar-refractivity contribution in [2.75, 3.05) is 13.2 Å². The second-order valence-electron chi connectivity index (χ2n) is 8.07. The zero-order valence-corrected chi connectivity index (χ0v) is 19.8. The maximum Gasteiger partial charge on any atom is 0.332 e. The maximum atomic E-state index is 13.1. The molecule has 1 atom stereocenters. The number of aryl methyl sites for hydroxylation is 1. The molecular formula is C24H30N4O5. The van der Waals surface area contributed by atoms with Crippen molar-refractivity contribution in [3.05, 3.63) is 62.4 Å². The van der Waals surface area contributed by atoms with Gasteiger partial charge in [-0.2, -0.15) is 0 Å². The summed E-state index contributed by atoms with van der Waals surface area (Å²) in [7, 11) is 2.93. The number of amides is 1. The third-order valence-corrected chi connectivity index (χ3v) is 5.44. The van der Waals surface area contributed by atoms with E-state index in [1.165, 1.54) is 30.9 Å². The van der Waals surface area contributed by atoms with Crippen molar-refractivity contribution in [2.45, 2.75) is 33.7 Å². The van der Waals surface area contributed by atoms with Gasteiger partial charge in [0.05, 0.1) is 30.2 Å². The van der Waals surface area contributed by atoms with Crippen LogP contribution in [0.3, 0.4) is 0 Å². The molecule has 0 bridgehead atoms. The summed E-state index contributed by atoms with van der Waals surface area (Å²) in [6, 6.07) is 6.78. The Morgan fingerprint density at radius 1 is 1.03 bits per heavy atom. The average molecular weight is 455 g/mol. The van der Waals surface area contributed by atoms with Gasteiger partial charge in [-0.25, -0.2) is 9.78 Å². The van der Waals surface area contributed by atoms with Crippen LogP contribution in [0.2, 0.25) is 0 Å². The first-order valence-electron chi connectivity index (χ1n) is 11.0. The van der Waals surface area contributed by atoms with Crippen LogP contribution in [0.4, 0.5) is 0 Å². The molecule has 3 aromatic rings. The van der Waals surface area contributed by atoms with E-state index in [-0.39, 0.29) is 34.5 Å². The number of ether oxygens (including phenoxy) is 2. The molecular weight excluding hydrogens is 424 g/mol. The predicted molar refractivity (Wildman–Crippen MR) is 126 cm³/mol. The van der Waals surface area contributed by atoms with Crippen molar-refractivity contribution in [3.63, 3.8) is 0 Å². The lowest BCUT2D eigenvalue weighted by Crippen LogP contribution is -2.37. The minimum Gasteiger partial charge on any atom is -0.490 e. The molecule has 0 aliphatic heterocycles. The molecule has 0 saturated heterocycles. The number of nitrogens with one attached hydrogen (secondary N) is 1. The Balaban J connectivity index is 1.97. The van der Waals surface area contributed by atoms with E-state index in [0.29, 0.717) is 24.7 Å². The Morgan fingerprint density at radius 2 is 1.70 bits per heavy atom. The largest absolute Gasteiger partial charge is 0.490 e.